The Kier molecular flexibility index (Phi) is 9.38. The summed E-state index contributed by atoms with van der Waals surface area (Å²) < 4.78 is 19.7. The van der Waals surface area contributed by atoms with Gasteiger partial charge < -0.3 is 10.1 Å². The van der Waals surface area contributed by atoms with Crippen LogP contribution >= 0.6 is 11.8 Å². The molecular weight excluding hydrogens is 487 g/mol. The van der Waals surface area contributed by atoms with Gasteiger partial charge in [0, 0.05) is 12.1 Å². The summed E-state index contributed by atoms with van der Waals surface area (Å²) in [7, 11) is 0. The number of anilines is 1. The zero-order valence-electron chi connectivity index (χ0n) is 20.9. The monoisotopic (exact) mass is 518 g/mol. The second-order valence-corrected chi connectivity index (χ2v) is 10.0. The first kappa shape index (κ1) is 26.5. The lowest BCUT2D eigenvalue weighted by Crippen LogP contribution is -2.36. The van der Waals surface area contributed by atoms with Gasteiger partial charge in [0.1, 0.15) is 5.82 Å². The number of nitrogens with zero attached hydrogens (tertiary/aromatic N) is 1. The highest BCUT2D eigenvalue weighted by Crippen LogP contribution is 2.36. The summed E-state index contributed by atoms with van der Waals surface area (Å²) in [5.41, 5.74) is 2.61. The summed E-state index contributed by atoms with van der Waals surface area (Å²) in [6.45, 7) is 3.04. The van der Waals surface area contributed by atoms with Crippen molar-refractivity contribution in [3.05, 3.63) is 101 Å². The minimum atomic E-state index is -0.350. The van der Waals surface area contributed by atoms with Crippen molar-refractivity contribution in [2.75, 3.05) is 23.0 Å². The van der Waals surface area contributed by atoms with Gasteiger partial charge in [-0.1, -0.05) is 49.7 Å². The third-order valence-electron chi connectivity index (χ3n) is 5.93. The highest BCUT2D eigenvalue weighted by molar-refractivity contribution is 7.99. The first-order valence-electron chi connectivity index (χ1n) is 12.6. The van der Waals surface area contributed by atoms with Gasteiger partial charge >= 0.3 is 0 Å². The number of para-hydroxylation sites is 2. The maximum atomic E-state index is 13.7. The molecule has 0 fully saturated rings. The van der Waals surface area contributed by atoms with Crippen LogP contribution in [0.25, 0.3) is 6.08 Å². The van der Waals surface area contributed by atoms with Crippen LogP contribution in [0.3, 0.4) is 0 Å². The number of amides is 2. The fourth-order valence-electron chi connectivity index (χ4n) is 3.95. The molecule has 7 heteroatoms. The van der Waals surface area contributed by atoms with Crippen LogP contribution in [0.15, 0.2) is 78.6 Å². The van der Waals surface area contributed by atoms with E-state index < -0.39 is 0 Å². The fraction of sp³-hybridized carbons (Fsp3) is 0.267. The molecule has 0 atom stereocenters. The Bertz CT molecular complexity index is 1260. The molecule has 1 heterocycles. The van der Waals surface area contributed by atoms with Crippen LogP contribution in [0.4, 0.5) is 10.1 Å². The largest absolute Gasteiger partial charge is 0.449 e. The quantitative estimate of drug-likeness (QED) is 0.234. The molecule has 3 aromatic rings. The highest BCUT2D eigenvalue weighted by atomic mass is 32.2. The van der Waals surface area contributed by atoms with Gasteiger partial charge in [-0.15, -0.1) is 0 Å². The number of hydrogen-bond donors (Lipinski definition) is 1. The molecule has 2 amide bonds. The van der Waals surface area contributed by atoms with Gasteiger partial charge in [-0.3, -0.25) is 14.5 Å². The van der Waals surface area contributed by atoms with Crippen LogP contribution in [0.2, 0.25) is 0 Å². The minimum absolute atomic E-state index is 0.113. The number of rotatable bonds is 11. The number of carbonyl (C=O) groups excluding carboxylic acids is 2. The third-order valence-corrected chi connectivity index (χ3v) is 7.08. The smallest absolute Gasteiger partial charge is 0.294 e. The van der Waals surface area contributed by atoms with E-state index in [0.717, 1.165) is 17.7 Å². The van der Waals surface area contributed by atoms with E-state index in [1.807, 2.05) is 23.9 Å². The summed E-state index contributed by atoms with van der Waals surface area (Å²) in [5, 5.41) is 2.96. The zero-order valence-corrected chi connectivity index (χ0v) is 21.7. The van der Waals surface area contributed by atoms with Crippen molar-refractivity contribution in [1.29, 1.82) is 0 Å². The lowest BCUT2D eigenvalue weighted by atomic mass is 10.1. The molecule has 0 aromatic heterocycles. The lowest BCUT2D eigenvalue weighted by Gasteiger charge is -2.30. The first-order valence-corrected chi connectivity index (χ1v) is 13.7. The van der Waals surface area contributed by atoms with Crippen molar-refractivity contribution in [1.82, 2.24) is 5.32 Å². The van der Waals surface area contributed by atoms with Crippen molar-refractivity contribution >= 4 is 35.3 Å². The fourth-order valence-corrected chi connectivity index (χ4v) is 4.99. The van der Waals surface area contributed by atoms with Crippen molar-refractivity contribution in [3.8, 4) is 5.75 Å². The van der Waals surface area contributed by atoms with Gasteiger partial charge in [-0.05, 0) is 77.9 Å². The average Bonchev–Trinajstić information content (AvgIpc) is 2.91. The predicted octanol–water partition coefficient (Wildman–Crippen LogP) is 6.45. The van der Waals surface area contributed by atoms with Crippen LogP contribution in [0.1, 0.15) is 47.7 Å². The van der Waals surface area contributed by atoms with Gasteiger partial charge in [0.15, 0.2) is 11.5 Å². The molecule has 0 bridgehead atoms. The van der Waals surface area contributed by atoms with Crippen LogP contribution in [-0.2, 0) is 11.3 Å². The van der Waals surface area contributed by atoms with Gasteiger partial charge in [0.05, 0.1) is 12.2 Å². The molecule has 3 aromatic carbocycles. The van der Waals surface area contributed by atoms with Crippen molar-refractivity contribution in [3.63, 3.8) is 0 Å². The average molecular weight is 519 g/mol. The second-order valence-electron chi connectivity index (χ2n) is 8.80. The number of nitrogens with one attached hydrogen (secondary N) is 1. The standard InChI is InChI=1S/C30H31FN2O3S/c1-2-3-17-37-18-7-16-32-29(34)24-14-12-22(13-15-24)20-28-30(35)33(21-23-8-6-9-25(31)19-23)26-10-4-5-11-27(26)36-28/h4-6,8-15,19-20H,2-3,7,16-18,21H2,1H3,(H,32,34). The number of hydrogen-bond acceptors (Lipinski definition) is 4. The van der Waals surface area contributed by atoms with Crippen LogP contribution in [0, 0.1) is 5.82 Å². The second kappa shape index (κ2) is 13.1. The van der Waals surface area contributed by atoms with Crippen LogP contribution < -0.4 is 15.0 Å². The topological polar surface area (TPSA) is 58.6 Å². The summed E-state index contributed by atoms with van der Waals surface area (Å²) in [5.74, 6) is 2.14. The maximum Gasteiger partial charge on any atom is 0.294 e. The number of fused-ring (bicyclic) bond motifs is 1. The summed E-state index contributed by atoms with van der Waals surface area (Å²) in [6.07, 6.45) is 5.04. The molecule has 0 unspecified atom stereocenters. The number of ether oxygens (including phenoxy) is 1. The SMILES string of the molecule is CCCCSCCCNC(=O)c1ccc(C=C2Oc3ccccc3N(Cc3cccc(F)c3)C2=O)cc1. The van der Waals surface area contributed by atoms with Crippen molar-refractivity contribution < 1.29 is 18.7 Å². The maximum absolute atomic E-state index is 13.7. The third kappa shape index (κ3) is 7.23. The van der Waals surface area contributed by atoms with Crippen LogP contribution in [0.5, 0.6) is 5.75 Å². The molecule has 5 nitrogen and oxygen atoms in total. The zero-order chi connectivity index (χ0) is 26.0. The van der Waals surface area contributed by atoms with Gasteiger partial charge in [0.2, 0.25) is 0 Å². The van der Waals surface area contributed by atoms with E-state index in [2.05, 4.69) is 12.2 Å². The van der Waals surface area contributed by atoms with Crippen LogP contribution in [-0.4, -0.2) is 29.9 Å². The summed E-state index contributed by atoms with van der Waals surface area (Å²) >= 11 is 1.92. The molecule has 1 aliphatic rings. The Balaban J connectivity index is 1.42. The number of thioether (sulfide) groups is 1. The minimum Gasteiger partial charge on any atom is -0.449 e. The Morgan fingerprint density at radius 3 is 2.59 bits per heavy atom. The Morgan fingerprint density at radius 2 is 1.81 bits per heavy atom. The normalized spacial score (nSPS) is 13.8. The van der Waals surface area contributed by atoms with E-state index in [9.17, 15) is 14.0 Å². The van der Waals surface area contributed by atoms with E-state index in [0.29, 0.717) is 29.1 Å². The summed E-state index contributed by atoms with van der Waals surface area (Å²) in [4.78, 5) is 27.4. The summed E-state index contributed by atoms with van der Waals surface area (Å²) in [6, 6.07) is 20.5. The Labute approximate surface area is 221 Å². The Hall–Kier alpha value is -3.58. The lowest BCUT2D eigenvalue weighted by molar-refractivity contribution is -0.117. The number of benzene rings is 3. The van der Waals surface area contributed by atoms with Crippen molar-refractivity contribution in [2.45, 2.75) is 32.7 Å². The van der Waals surface area contributed by atoms with Crippen molar-refractivity contribution in [2.24, 2.45) is 0 Å². The number of halogens is 1. The van der Waals surface area contributed by atoms with E-state index in [4.69, 9.17) is 4.74 Å². The molecule has 1 aliphatic heterocycles. The van der Waals surface area contributed by atoms with Gasteiger partial charge in [-0.2, -0.15) is 11.8 Å². The molecule has 1 N–H and O–H groups in total. The molecule has 0 saturated heterocycles. The molecule has 0 aliphatic carbocycles. The Morgan fingerprint density at radius 1 is 1.03 bits per heavy atom. The van der Waals surface area contributed by atoms with E-state index in [-0.39, 0.29) is 29.9 Å². The number of carbonyl (C=O) groups is 2. The predicted molar refractivity (Wildman–Crippen MR) is 148 cm³/mol. The van der Waals surface area contributed by atoms with E-state index in [1.165, 1.54) is 30.7 Å². The first-order chi connectivity index (χ1) is 18.0. The van der Waals surface area contributed by atoms with Gasteiger partial charge in [0.25, 0.3) is 11.8 Å². The van der Waals surface area contributed by atoms with Gasteiger partial charge in [-0.25, -0.2) is 4.39 Å². The molecule has 0 radical (unpaired) electrons. The van der Waals surface area contributed by atoms with E-state index >= 15 is 0 Å². The molecule has 37 heavy (non-hydrogen) atoms. The van der Waals surface area contributed by atoms with E-state index in [1.54, 1.807) is 59.5 Å². The molecule has 4 rings (SSSR count). The molecule has 192 valence electrons. The molecular formula is C30H31FN2O3S. The number of unbranched alkanes of at least 4 members (excludes halogenated alkanes) is 1. The molecule has 0 saturated carbocycles. The molecule has 0 spiro atoms. The highest BCUT2D eigenvalue weighted by Gasteiger charge is 2.30.